The fourth-order valence-corrected chi connectivity index (χ4v) is 0.784. The molecule has 3 nitrogen and oxygen atoms in total. The molecule has 0 aliphatic carbocycles. The van der Waals surface area contributed by atoms with Crippen LogP contribution in [0.3, 0.4) is 0 Å². The largest absolute Gasteiger partial charge is 0.366 e. The van der Waals surface area contributed by atoms with Crippen molar-refractivity contribution in [2.24, 2.45) is 5.73 Å². The van der Waals surface area contributed by atoms with Gasteiger partial charge in [-0.1, -0.05) is 0 Å². The molecule has 11 heavy (non-hydrogen) atoms. The summed E-state index contributed by atoms with van der Waals surface area (Å²) in [6, 6.07) is 2.82. The van der Waals surface area contributed by atoms with Crippen LogP contribution in [0.15, 0.2) is 23.4 Å². The molecule has 0 fully saturated rings. The lowest BCUT2D eigenvalue weighted by molar-refractivity contribution is 0.1000. The van der Waals surface area contributed by atoms with Crippen molar-refractivity contribution >= 4 is 18.1 Å². The summed E-state index contributed by atoms with van der Waals surface area (Å²) in [7, 11) is 0. The third-order valence-electron chi connectivity index (χ3n) is 1.10. The van der Waals surface area contributed by atoms with Crippen molar-refractivity contribution in [3.63, 3.8) is 0 Å². The minimum absolute atomic E-state index is 0.0260. The monoisotopic (exact) mass is 172 g/mol. The molecular formula is C6H5FN2OS. The van der Waals surface area contributed by atoms with Crippen LogP contribution in [0.4, 0.5) is 3.89 Å². The highest BCUT2D eigenvalue weighted by molar-refractivity contribution is 7.94. The number of carbonyl (C=O) groups excluding carboxylic acids is 1. The Labute approximate surface area is 67.1 Å². The second-order valence-corrected chi connectivity index (χ2v) is 2.40. The first-order chi connectivity index (χ1) is 5.24. The highest BCUT2D eigenvalue weighted by Crippen LogP contribution is 2.14. The maximum atomic E-state index is 11.8. The van der Waals surface area contributed by atoms with Gasteiger partial charge in [0, 0.05) is 6.20 Å². The third kappa shape index (κ3) is 1.91. The van der Waals surface area contributed by atoms with Crippen LogP contribution in [0, 0.1) is 0 Å². The van der Waals surface area contributed by atoms with Crippen LogP contribution in [0.2, 0.25) is 0 Å². The molecule has 0 saturated carbocycles. The molecule has 1 heterocycles. The molecule has 0 saturated heterocycles. The van der Waals surface area contributed by atoms with E-state index >= 15 is 0 Å². The quantitative estimate of drug-likeness (QED) is 0.728. The number of hydrogen-bond donors (Lipinski definition) is 1. The molecule has 0 aliphatic rings. The number of amides is 1. The first kappa shape index (κ1) is 8.00. The molecule has 1 aromatic heterocycles. The Morgan fingerprint density at radius 3 is 2.73 bits per heavy atom. The van der Waals surface area contributed by atoms with Crippen molar-refractivity contribution in [2.45, 2.75) is 5.03 Å². The zero-order valence-corrected chi connectivity index (χ0v) is 6.27. The molecule has 0 unspecified atom stereocenters. The molecule has 0 spiro atoms. The van der Waals surface area contributed by atoms with Gasteiger partial charge >= 0.3 is 0 Å². The average molecular weight is 172 g/mol. The van der Waals surface area contributed by atoms with Crippen LogP contribution in [0.5, 0.6) is 0 Å². The van der Waals surface area contributed by atoms with Crippen LogP contribution in [0.25, 0.3) is 0 Å². The number of rotatable bonds is 2. The topological polar surface area (TPSA) is 56.0 Å². The molecule has 0 bridgehead atoms. The lowest BCUT2D eigenvalue weighted by Gasteiger charge is -1.93. The Bertz CT molecular complexity index is 262. The fraction of sp³-hybridized carbons (Fsp3) is 0. The van der Waals surface area contributed by atoms with E-state index in [1.807, 2.05) is 0 Å². The molecule has 2 N–H and O–H groups in total. The van der Waals surface area contributed by atoms with E-state index in [4.69, 9.17) is 5.73 Å². The Kier molecular flexibility index (Phi) is 2.43. The molecule has 1 amide bonds. The highest BCUT2D eigenvalue weighted by atomic mass is 32.2. The normalized spacial score (nSPS) is 9.55. The summed E-state index contributed by atoms with van der Waals surface area (Å²) in [5, 5.41) is 0.218. The molecule has 0 radical (unpaired) electrons. The highest BCUT2D eigenvalue weighted by Gasteiger charge is 2.00. The summed E-state index contributed by atoms with van der Waals surface area (Å²) in [6.45, 7) is 0. The predicted octanol–water partition coefficient (Wildman–Crippen LogP) is 1.16. The maximum absolute atomic E-state index is 11.8. The summed E-state index contributed by atoms with van der Waals surface area (Å²) in [6.07, 6.45) is 1.24. The molecule has 0 atom stereocenters. The number of primary amides is 1. The Morgan fingerprint density at radius 1 is 1.64 bits per heavy atom. The number of nitrogens with zero attached hydrogens (tertiary/aromatic N) is 1. The number of aromatic nitrogens is 1. The van der Waals surface area contributed by atoms with Gasteiger partial charge in [0.1, 0.15) is 17.2 Å². The smallest absolute Gasteiger partial charge is 0.250 e. The van der Waals surface area contributed by atoms with Gasteiger partial charge in [0.15, 0.2) is 0 Å². The number of nitrogens with two attached hydrogens (primary N) is 1. The molecule has 1 aromatic rings. The Morgan fingerprint density at radius 2 is 2.36 bits per heavy atom. The van der Waals surface area contributed by atoms with Gasteiger partial charge in [-0.2, -0.15) is 3.89 Å². The molecule has 1 rings (SSSR count). The van der Waals surface area contributed by atoms with Crippen molar-refractivity contribution in [3.8, 4) is 0 Å². The second kappa shape index (κ2) is 3.34. The Hall–Kier alpha value is -1.10. The van der Waals surface area contributed by atoms with E-state index in [9.17, 15) is 8.68 Å². The molecule has 5 heteroatoms. The summed E-state index contributed by atoms with van der Waals surface area (Å²) in [4.78, 5) is 14.1. The van der Waals surface area contributed by atoms with Gasteiger partial charge in [-0.15, -0.1) is 0 Å². The Balaban J connectivity index is 2.91. The van der Waals surface area contributed by atoms with Crippen molar-refractivity contribution in [1.29, 1.82) is 0 Å². The van der Waals surface area contributed by atoms with E-state index in [-0.39, 0.29) is 22.7 Å². The minimum Gasteiger partial charge on any atom is -0.366 e. The van der Waals surface area contributed by atoms with Crippen molar-refractivity contribution < 1.29 is 8.68 Å². The summed E-state index contributed by atoms with van der Waals surface area (Å²) in [5.74, 6) is -0.562. The minimum atomic E-state index is -0.562. The van der Waals surface area contributed by atoms with Gasteiger partial charge < -0.3 is 5.73 Å². The van der Waals surface area contributed by atoms with E-state index in [1.165, 1.54) is 18.3 Å². The van der Waals surface area contributed by atoms with Crippen LogP contribution in [-0.4, -0.2) is 10.9 Å². The SMILES string of the molecule is NC(=O)c1ccc(SF)nc1. The van der Waals surface area contributed by atoms with Crippen molar-refractivity contribution in [1.82, 2.24) is 4.98 Å². The molecule has 0 aliphatic heterocycles. The summed E-state index contributed by atoms with van der Waals surface area (Å²) >= 11 is 0.0260. The van der Waals surface area contributed by atoms with Crippen molar-refractivity contribution in [3.05, 3.63) is 23.9 Å². The number of carbonyl (C=O) groups is 1. The van der Waals surface area contributed by atoms with E-state index in [2.05, 4.69) is 4.98 Å². The van der Waals surface area contributed by atoms with Crippen LogP contribution >= 0.6 is 12.1 Å². The molecular weight excluding hydrogens is 167 g/mol. The zero-order valence-electron chi connectivity index (χ0n) is 5.45. The predicted molar refractivity (Wildman–Crippen MR) is 39.7 cm³/mol. The standard InChI is InChI=1S/C6H5FN2OS/c7-11-5-2-1-4(3-9-5)6(8)10/h1-3H,(H2,8,10). The number of hydrogen-bond acceptors (Lipinski definition) is 3. The summed E-state index contributed by atoms with van der Waals surface area (Å²) in [5.41, 5.74) is 5.21. The van der Waals surface area contributed by atoms with E-state index < -0.39 is 5.91 Å². The van der Waals surface area contributed by atoms with Gasteiger partial charge in [0.05, 0.1) is 5.56 Å². The molecule has 58 valence electrons. The van der Waals surface area contributed by atoms with E-state index in [0.717, 1.165) is 0 Å². The summed E-state index contributed by atoms with van der Waals surface area (Å²) < 4.78 is 11.8. The zero-order chi connectivity index (χ0) is 8.27. The fourth-order valence-electron chi connectivity index (χ4n) is 0.572. The lowest BCUT2D eigenvalue weighted by atomic mass is 10.3. The first-order valence-corrected chi connectivity index (χ1v) is 3.50. The lowest BCUT2D eigenvalue weighted by Crippen LogP contribution is -2.10. The third-order valence-corrected chi connectivity index (χ3v) is 1.50. The van der Waals surface area contributed by atoms with E-state index in [1.54, 1.807) is 0 Å². The van der Waals surface area contributed by atoms with Crippen LogP contribution in [0.1, 0.15) is 10.4 Å². The van der Waals surface area contributed by atoms with Gasteiger partial charge in [0.2, 0.25) is 5.91 Å². The maximum Gasteiger partial charge on any atom is 0.250 e. The van der Waals surface area contributed by atoms with Crippen LogP contribution in [-0.2, 0) is 0 Å². The average Bonchev–Trinajstić information content (AvgIpc) is 2.05. The van der Waals surface area contributed by atoms with Gasteiger partial charge in [-0.05, 0) is 12.1 Å². The van der Waals surface area contributed by atoms with Gasteiger partial charge in [-0.3, -0.25) is 4.79 Å². The molecule has 0 aromatic carbocycles. The van der Waals surface area contributed by atoms with E-state index in [0.29, 0.717) is 0 Å². The van der Waals surface area contributed by atoms with Crippen LogP contribution < -0.4 is 5.73 Å². The van der Waals surface area contributed by atoms with Crippen molar-refractivity contribution in [2.75, 3.05) is 0 Å². The first-order valence-electron chi connectivity index (χ1n) is 2.78. The number of halogens is 1. The second-order valence-electron chi connectivity index (χ2n) is 1.83. The van der Waals surface area contributed by atoms with Gasteiger partial charge in [0.25, 0.3) is 0 Å². The number of pyridine rings is 1. The van der Waals surface area contributed by atoms with Gasteiger partial charge in [-0.25, -0.2) is 4.98 Å².